The maximum absolute atomic E-state index is 13.6. The SMILES string of the molecule is CN(NC(=O)O)C(=O)c1ccc(CC=C(c2cc(Cl)c(Cl)c(Cl)c2)C(F)(F)F)cc1Br. The number of carbonyl (C=O) groups excluding carboxylic acids is 1. The molecule has 2 N–H and O–H groups in total. The Kier molecular flexibility index (Phi) is 8.27. The number of nitrogens with one attached hydrogen (secondary N) is 1. The Morgan fingerprint density at radius 2 is 1.74 bits per heavy atom. The van der Waals surface area contributed by atoms with Gasteiger partial charge in [-0.3, -0.25) is 9.80 Å². The second-order valence-electron chi connectivity index (χ2n) is 6.17. The van der Waals surface area contributed by atoms with E-state index >= 15 is 0 Å². The summed E-state index contributed by atoms with van der Waals surface area (Å²) in [6.07, 6.45) is -5.25. The van der Waals surface area contributed by atoms with E-state index in [1.807, 2.05) is 5.43 Å². The minimum Gasteiger partial charge on any atom is -0.464 e. The monoisotopic (exact) mass is 558 g/mol. The van der Waals surface area contributed by atoms with Crippen LogP contribution >= 0.6 is 50.7 Å². The van der Waals surface area contributed by atoms with E-state index in [0.29, 0.717) is 5.56 Å². The zero-order chi connectivity index (χ0) is 23.5. The molecule has 5 nitrogen and oxygen atoms in total. The summed E-state index contributed by atoms with van der Waals surface area (Å²) in [7, 11) is 1.22. The molecule has 166 valence electrons. The molecule has 2 rings (SSSR count). The minimum atomic E-state index is -4.68. The Balaban J connectivity index is 2.34. The third kappa shape index (κ3) is 6.52. The normalized spacial score (nSPS) is 11.9. The van der Waals surface area contributed by atoms with Crippen molar-refractivity contribution in [2.45, 2.75) is 12.6 Å². The van der Waals surface area contributed by atoms with Gasteiger partial charge in [0.2, 0.25) is 0 Å². The first-order valence-corrected chi connectivity index (χ1v) is 10.2. The molecule has 0 aliphatic carbocycles. The van der Waals surface area contributed by atoms with Gasteiger partial charge in [-0.25, -0.2) is 10.2 Å². The molecule has 0 spiro atoms. The third-order valence-corrected chi connectivity index (χ3v) is 5.83. The van der Waals surface area contributed by atoms with Crippen molar-refractivity contribution in [1.82, 2.24) is 10.4 Å². The fourth-order valence-corrected chi connectivity index (χ4v) is 3.75. The molecule has 2 aromatic carbocycles. The van der Waals surface area contributed by atoms with E-state index in [1.165, 1.54) is 25.2 Å². The Bertz CT molecular complexity index is 1040. The van der Waals surface area contributed by atoms with E-state index in [4.69, 9.17) is 39.9 Å². The van der Waals surface area contributed by atoms with Gasteiger partial charge in [-0.15, -0.1) is 0 Å². The van der Waals surface area contributed by atoms with Crippen molar-refractivity contribution in [2.75, 3.05) is 7.05 Å². The molecule has 31 heavy (non-hydrogen) atoms. The Morgan fingerprint density at radius 1 is 1.16 bits per heavy atom. The quantitative estimate of drug-likeness (QED) is 0.317. The van der Waals surface area contributed by atoms with Gasteiger partial charge in [0.15, 0.2) is 0 Å². The summed E-state index contributed by atoms with van der Waals surface area (Å²) in [5.74, 6) is -0.655. The molecule has 0 radical (unpaired) electrons. The fourth-order valence-electron chi connectivity index (χ4n) is 2.56. The number of hydrogen-bond acceptors (Lipinski definition) is 2. The van der Waals surface area contributed by atoms with Crippen LogP contribution in [-0.2, 0) is 6.42 Å². The van der Waals surface area contributed by atoms with Crippen LogP contribution in [0, 0.1) is 0 Å². The predicted octanol–water partition coefficient (Wildman–Crippen LogP) is 6.85. The zero-order valence-corrected chi connectivity index (χ0v) is 19.4. The second-order valence-corrected chi connectivity index (χ2v) is 8.22. The molecule has 0 bridgehead atoms. The average Bonchev–Trinajstić information content (AvgIpc) is 2.64. The van der Waals surface area contributed by atoms with Crippen LogP contribution in [0.15, 0.2) is 40.9 Å². The van der Waals surface area contributed by atoms with Crippen molar-refractivity contribution < 1.29 is 27.9 Å². The van der Waals surface area contributed by atoms with Gasteiger partial charge >= 0.3 is 12.3 Å². The highest BCUT2D eigenvalue weighted by Crippen LogP contribution is 2.39. The van der Waals surface area contributed by atoms with Gasteiger partial charge in [0.1, 0.15) is 0 Å². The maximum Gasteiger partial charge on any atom is 0.423 e. The molecular weight excluding hydrogens is 547 g/mol. The smallest absolute Gasteiger partial charge is 0.423 e. The van der Waals surface area contributed by atoms with Crippen LogP contribution < -0.4 is 5.43 Å². The Morgan fingerprint density at radius 3 is 2.23 bits per heavy atom. The number of nitrogens with zero attached hydrogens (tertiary/aromatic N) is 1. The standard InChI is InChI=1S/C19H13BrCl3F3N2O3/c1-28(27-18(30)31)17(29)11-4-2-9(6-13(11)20)3-5-12(19(24,25)26)10-7-14(21)16(23)15(22)8-10/h2,4-8,27H,3H2,1H3,(H,30,31). The van der Waals surface area contributed by atoms with E-state index in [0.717, 1.165) is 23.2 Å². The molecule has 0 heterocycles. The number of hydrazine groups is 1. The van der Waals surface area contributed by atoms with Gasteiger partial charge in [0.25, 0.3) is 5.91 Å². The van der Waals surface area contributed by atoms with Crippen LogP contribution in [-0.4, -0.2) is 35.3 Å². The number of carboxylic acid groups (broad SMARTS) is 1. The zero-order valence-electron chi connectivity index (χ0n) is 15.5. The number of benzene rings is 2. The molecule has 0 atom stereocenters. The van der Waals surface area contributed by atoms with Crippen LogP contribution in [0.25, 0.3) is 5.57 Å². The summed E-state index contributed by atoms with van der Waals surface area (Å²) in [6, 6.07) is 6.46. The molecule has 0 fully saturated rings. The molecule has 0 unspecified atom stereocenters. The number of halogens is 7. The molecule has 0 aliphatic heterocycles. The topological polar surface area (TPSA) is 69.6 Å². The number of amides is 2. The summed E-state index contributed by atoms with van der Waals surface area (Å²) >= 11 is 20.7. The number of allylic oxidation sites excluding steroid dienone is 2. The van der Waals surface area contributed by atoms with Gasteiger partial charge in [-0.2, -0.15) is 13.2 Å². The minimum absolute atomic E-state index is 0.0415. The highest BCUT2D eigenvalue weighted by molar-refractivity contribution is 9.10. The molecule has 0 aromatic heterocycles. The number of carbonyl (C=O) groups is 2. The molecule has 2 aromatic rings. The lowest BCUT2D eigenvalue weighted by Gasteiger charge is -2.17. The molecule has 0 aliphatic rings. The van der Waals surface area contributed by atoms with E-state index in [2.05, 4.69) is 15.9 Å². The fraction of sp³-hybridized carbons (Fsp3) is 0.158. The second kappa shape index (κ2) is 10.1. The van der Waals surface area contributed by atoms with E-state index in [1.54, 1.807) is 0 Å². The first-order chi connectivity index (χ1) is 14.3. The Hall–Kier alpha value is -1.94. The first kappa shape index (κ1) is 25.3. The highest BCUT2D eigenvalue weighted by Gasteiger charge is 2.35. The average molecular weight is 561 g/mol. The van der Waals surface area contributed by atoms with Crippen molar-refractivity contribution in [2.24, 2.45) is 0 Å². The van der Waals surface area contributed by atoms with Crippen LogP contribution in [0.4, 0.5) is 18.0 Å². The van der Waals surface area contributed by atoms with E-state index in [-0.39, 0.29) is 37.1 Å². The van der Waals surface area contributed by atoms with Crippen LogP contribution in [0.3, 0.4) is 0 Å². The van der Waals surface area contributed by atoms with Gasteiger partial charge in [-0.1, -0.05) is 46.9 Å². The summed E-state index contributed by atoms with van der Waals surface area (Å²) in [5, 5.41) is 9.19. The summed E-state index contributed by atoms with van der Waals surface area (Å²) < 4.78 is 41.1. The van der Waals surface area contributed by atoms with E-state index < -0.39 is 23.7 Å². The van der Waals surface area contributed by atoms with Crippen molar-refractivity contribution >= 4 is 68.3 Å². The van der Waals surface area contributed by atoms with Crippen LogP contribution in [0.1, 0.15) is 21.5 Å². The van der Waals surface area contributed by atoms with E-state index in [9.17, 15) is 22.8 Å². The largest absolute Gasteiger partial charge is 0.464 e. The first-order valence-electron chi connectivity index (χ1n) is 8.29. The lowest BCUT2D eigenvalue weighted by molar-refractivity contribution is -0.0690. The molecular formula is C19H13BrCl3F3N2O3. The molecule has 0 saturated heterocycles. The third-order valence-electron chi connectivity index (χ3n) is 3.97. The van der Waals surface area contributed by atoms with Crippen molar-refractivity contribution in [3.63, 3.8) is 0 Å². The van der Waals surface area contributed by atoms with Gasteiger partial charge in [0.05, 0.1) is 26.2 Å². The Labute approximate surface area is 198 Å². The van der Waals surface area contributed by atoms with Crippen LogP contribution in [0.5, 0.6) is 0 Å². The number of hydrogen-bond donors (Lipinski definition) is 2. The van der Waals surface area contributed by atoms with Crippen molar-refractivity contribution in [3.8, 4) is 0 Å². The lowest BCUT2D eigenvalue weighted by atomic mass is 10.0. The van der Waals surface area contributed by atoms with Gasteiger partial charge < -0.3 is 5.11 Å². The number of rotatable bonds is 4. The summed E-state index contributed by atoms with van der Waals surface area (Å²) in [4.78, 5) is 22.9. The number of alkyl halides is 3. The molecule has 12 heteroatoms. The lowest BCUT2D eigenvalue weighted by Crippen LogP contribution is -2.42. The highest BCUT2D eigenvalue weighted by atomic mass is 79.9. The van der Waals surface area contributed by atoms with Crippen molar-refractivity contribution in [3.05, 3.63) is 72.6 Å². The maximum atomic E-state index is 13.6. The van der Waals surface area contributed by atoms with Gasteiger partial charge in [0, 0.05) is 11.5 Å². The summed E-state index contributed by atoms with van der Waals surface area (Å²) in [6.45, 7) is 0. The van der Waals surface area contributed by atoms with Crippen LogP contribution in [0.2, 0.25) is 15.1 Å². The van der Waals surface area contributed by atoms with Gasteiger partial charge in [-0.05, 0) is 57.7 Å². The molecule has 2 amide bonds. The molecule has 0 saturated carbocycles. The predicted molar refractivity (Wildman–Crippen MR) is 117 cm³/mol. The summed E-state index contributed by atoms with van der Waals surface area (Å²) in [5.41, 5.74) is 1.28. The van der Waals surface area contributed by atoms with Crippen molar-refractivity contribution in [1.29, 1.82) is 0 Å².